The highest BCUT2D eigenvalue weighted by Crippen LogP contribution is 2.29. The first-order valence-corrected chi connectivity index (χ1v) is 9.48. The van der Waals surface area contributed by atoms with Crippen LogP contribution in [0.3, 0.4) is 0 Å². The predicted octanol–water partition coefficient (Wildman–Crippen LogP) is 2.96. The van der Waals surface area contributed by atoms with Crippen molar-refractivity contribution in [1.29, 1.82) is 0 Å². The van der Waals surface area contributed by atoms with E-state index in [2.05, 4.69) is 5.10 Å². The van der Waals surface area contributed by atoms with Gasteiger partial charge in [0, 0.05) is 19.9 Å². The quantitative estimate of drug-likeness (QED) is 0.688. The molecule has 3 aromatic rings. The lowest BCUT2D eigenvalue weighted by atomic mass is 10.2. The number of hydrogen-bond acceptors (Lipinski definition) is 4. The van der Waals surface area contributed by atoms with Gasteiger partial charge in [0.25, 0.3) is 0 Å². The molecule has 3 heterocycles. The summed E-state index contributed by atoms with van der Waals surface area (Å²) in [6.45, 7) is 1.17. The van der Waals surface area contributed by atoms with Crippen LogP contribution in [-0.4, -0.2) is 25.9 Å². The minimum absolute atomic E-state index is 0.0831. The number of fused-ring (bicyclic) bond motifs is 1. The van der Waals surface area contributed by atoms with E-state index < -0.39 is 12.0 Å². The Balaban J connectivity index is 1.63. The van der Waals surface area contributed by atoms with E-state index in [1.165, 1.54) is 11.7 Å². The third-order valence-electron chi connectivity index (χ3n) is 4.74. The Hall–Kier alpha value is -1.78. The lowest BCUT2D eigenvalue weighted by Gasteiger charge is -2.19. The number of nitrogens with zero attached hydrogens (tertiary/aromatic N) is 4. The van der Waals surface area contributed by atoms with Crippen LogP contribution in [0.4, 0.5) is 13.2 Å². The molecule has 10 heteroatoms. The average molecular weight is 400 g/mol. The molecule has 1 N–H and O–H groups in total. The smallest absolute Gasteiger partial charge is 0.308 e. The number of para-hydroxylation sites is 1. The highest BCUT2D eigenvalue weighted by Gasteiger charge is 2.39. The fraction of sp³-hybridized carbons (Fsp3) is 0.438. The van der Waals surface area contributed by atoms with Gasteiger partial charge in [-0.3, -0.25) is 4.57 Å². The number of hydrogen-bond donors (Lipinski definition) is 1. The third kappa shape index (κ3) is 3.06. The summed E-state index contributed by atoms with van der Waals surface area (Å²) in [5.74, 6) is -0.961. The van der Waals surface area contributed by atoms with Crippen LogP contribution in [0, 0.1) is 4.77 Å². The molecule has 0 radical (unpaired) electrons. The normalized spacial score (nSPS) is 20.9. The maximum absolute atomic E-state index is 13.1. The van der Waals surface area contributed by atoms with Crippen LogP contribution in [-0.2, 0) is 19.9 Å². The van der Waals surface area contributed by atoms with E-state index >= 15 is 0 Å². The second-order valence-electron chi connectivity index (χ2n) is 6.44. The molecule has 0 saturated carbocycles. The summed E-state index contributed by atoms with van der Waals surface area (Å²) in [4.78, 5) is 5.87. The maximum Gasteiger partial charge on any atom is 0.451 e. The van der Waals surface area contributed by atoms with Gasteiger partial charge < -0.3 is 4.90 Å². The molecule has 2 atom stereocenters. The largest absolute Gasteiger partial charge is 0.451 e. The SMILES string of the molecule is Cn1c(C(F)(F)F)nn(C[NH+]2CCC[C@@H]2c2nc3ccccc3s2)c1=S. The van der Waals surface area contributed by atoms with E-state index in [1.807, 2.05) is 24.3 Å². The molecule has 2 aromatic heterocycles. The molecule has 1 unspecified atom stereocenters. The number of alkyl halides is 3. The summed E-state index contributed by atoms with van der Waals surface area (Å²) >= 11 is 6.82. The van der Waals surface area contributed by atoms with Gasteiger partial charge in [-0.25, -0.2) is 4.98 Å². The van der Waals surface area contributed by atoms with Gasteiger partial charge in [0.2, 0.25) is 10.6 Å². The molecule has 1 aliphatic heterocycles. The molecule has 1 fully saturated rings. The Morgan fingerprint density at radius 1 is 1.35 bits per heavy atom. The summed E-state index contributed by atoms with van der Waals surface area (Å²) in [5.41, 5.74) is 0.965. The highest BCUT2D eigenvalue weighted by molar-refractivity contribution is 7.71. The van der Waals surface area contributed by atoms with Crippen molar-refractivity contribution in [2.75, 3.05) is 6.54 Å². The van der Waals surface area contributed by atoms with Crippen LogP contribution in [0.15, 0.2) is 24.3 Å². The first-order chi connectivity index (χ1) is 12.3. The Bertz CT molecular complexity index is 970. The molecule has 0 bridgehead atoms. The first kappa shape index (κ1) is 17.6. The molecule has 1 aliphatic rings. The Morgan fingerprint density at radius 2 is 2.12 bits per heavy atom. The van der Waals surface area contributed by atoms with Gasteiger partial charge in [-0.2, -0.15) is 17.9 Å². The second kappa shape index (κ2) is 6.43. The lowest BCUT2D eigenvalue weighted by Crippen LogP contribution is -3.09. The molecule has 0 amide bonds. The zero-order valence-corrected chi connectivity index (χ0v) is 15.6. The van der Waals surface area contributed by atoms with Crippen LogP contribution in [0.2, 0.25) is 0 Å². The van der Waals surface area contributed by atoms with Gasteiger partial charge in [0.05, 0.1) is 16.8 Å². The number of aromatic nitrogens is 4. The van der Waals surface area contributed by atoms with E-state index in [0.29, 0.717) is 6.67 Å². The van der Waals surface area contributed by atoms with Crippen LogP contribution >= 0.6 is 23.6 Å². The van der Waals surface area contributed by atoms with Crippen molar-refractivity contribution in [3.8, 4) is 0 Å². The number of benzene rings is 1. The zero-order chi connectivity index (χ0) is 18.5. The van der Waals surface area contributed by atoms with Crippen molar-refractivity contribution < 1.29 is 18.1 Å². The van der Waals surface area contributed by atoms with Crippen molar-refractivity contribution in [3.63, 3.8) is 0 Å². The topological polar surface area (TPSA) is 40.1 Å². The van der Waals surface area contributed by atoms with E-state index in [1.54, 1.807) is 11.3 Å². The lowest BCUT2D eigenvalue weighted by molar-refractivity contribution is -0.941. The third-order valence-corrected chi connectivity index (χ3v) is 6.37. The molecular formula is C16H17F3N5S2+. The van der Waals surface area contributed by atoms with Crippen LogP contribution in [0.5, 0.6) is 0 Å². The number of thiazole rings is 1. The molecule has 5 nitrogen and oxygen atoms in total. The monoisotopic (exact) mass is 400 g/mol. The zero-order valence-electron chi connectivity index (χ0n) is 14.0. The number of nitrogens with one attached hydrogen (secondary N) is 1. The van der Waals surface area contributed by atoms with Crippen LogP contribution < -0.4 is 4.90 Å². The number of likely N-dealkylation sites (tertiary alicyclic amines) is 1. The number of halogens is 3. The van der Waals surface area contributed by atoms with Gasteiger partial charge in [-0.05, 0) is 24.4 Å². The fourth-order valence-corrected chi connectivity index (χ4v) is 4.82. The minimum atomic E-state index is -4.51. The molecule has 0 aliphatic carbocycles. The molecular weight excluding hydrogens is 383 g/mol. The van der Waals surface area contributed by atoms with Crippen molar-refractivity contribution >= 4 is 33.8 Å². The van der Waals surface area contributed by atoms with Crippen molar-refractivity contribution in [2.24, 2.45) is 7.05 Å². The number of rotatable bonds is 3. The molecule has 4 rings (SSSR count). The van der Waals surface area contributed by atoms with Crippen LogP contribution in [0.1, 0.15) is 29.7 Å². The van der Waals surface area contributed by atoms with E-state index in [0.717, 1.165) is 44.1 Å². The summed E-state index contributed by atoms with van der Waals surface area (Å²) in [7, 11) is 1.30. The molecule has 138 valence electrons. The maximum atomic E-state index is 13.1. The van der Waals surface area contributed by atoms with Crippen molar-refractivity contribution in [2.45, 2.75) is 31.7 Å². The fourth-order valence-electron chi connectivity index (χ4n) is 3.47. The first-order valence-electron chi connectivity index (χ1n) is 8.25. The van der Waals surface area contributed by atoms with Gasteiger partial charge >= 0.3 is 6.18 Å². The van der Waals surface area contributed by atoms with E-state index in [9.17, 15) is 13.2 Å². The standard InChI is InChI=1S/C16H16F3N5S2/c1-22-14(16(17,18)19)21-24(15(22)25)9-23-8-4-6-11(23)13-20-10-5-2-3-7-12(10)26-13/h2-3,5,7,11H,4,6,8-9H2,1H3/p+1/t11-/m1/s1. The predicted molar refractivity (Wildman–Crippen MR) is 94.5 cm³/mol. The Morgan fingerprint density at radius 3 is 2.81 bits per heavy atom. The van der Waals surface area contributed by atoms with Crippen molar-refractivity contribution in [1.82, 2.24) is 19.3 Å². The summed E-state index contributed by atoms with van der Waals surface area (Å²) in [5, 5.41) is 4.75. The van der Waals surface area contributed by atoms with Gasteiger partial charge in [0.1, 0.15) is 6.04 Å². The summed E-state index contributed by atoms with van der Waals surface area (Å²) in [6.07, 6.45) is -2.55. The second-order valence-corrected chi connectivity index (χ2v) is 7.87. The van der Waals surface area contributed by atoms with Gasteiger partial charge in [-0.1, -0.05) is 12.1 Å². The number of quaternary nitrogens is 1. The van der Waals surface area contributed by atoms with E-state index in [4.69, 9.17) is 17.2 Å². The van der Waals surface area contributed by atoms with Gasteiger partial charge in [0.15, 0.2) is 11.7 Å². The average Bonchev–Trinajstić information content (AvgIpc) is 3.27. The van der Waals surface area contributed by atoms with Crippen molar-refractivity contribution in [3.05, 3.63) is 39.9 Å². The highest BCUT2D eigenvalue weighted by atomic mass is 32.1. The van der Waals surface area contributed by atoms with Gasteiger partial charge in [-0.15, -0.1) is 16.4 Å². The van der Waals surface area contributed by atoms with E-state index in [-0.39, 0.29) is 10.8 Å². The Labute approximate surface area is 156 Å². The minimum Gasteiger partial charge on any atom is -0.308 e. The molecule has 1 aromatic carbocycles. The molecule has 26 heavy (non-hydrogen) atoms. The molecule has 0 spiro atoms. The Kier molecular flexibility index (Phi) is 4.36. The summed E-state index contributed by atoms with van der Waals surface area (Å²) in [6, 6.07) is 8.11. The molecule has 1 saturated heterocycles. The summed E-state index contributed by atoms with van der Waals surface area (Å²) < 4.78 is 42.6. The van der Waals surface area contributed by atoms with Crippen LogP contribution in [0.25, 0.3) is 10.2 Å².